The largest absolute Gasteiger partial charge is 0.497 e. The van der Waals surface area contributed by atoms with E-state index in [-0.39, 0.29) is 12.4 Å². The first kappa shape index (κ1) is 13.1. The molecule has 0 unspecified atom stereocenters. The lowest BCUT2D eigenvalue weighted by Crippen LogP contribution is -2.34. The molecule has 4 nitrogen and oxygen atoms in total. The van der Waals surface area contributed by atoms with E-state index in [0.717, 1.165) is 12.8 Å². The van der Waals surface area contributed by atoms with E-state index in [1.54, 1.807) is 19.2 Å². The van der Waals surface area contributed by atoms with Crippen LogP contribution in [0.3, 0.4) is 0 Å². The first-order chi connectivity index (χ1) is 8.74. The molecule has 0 spiro atoms. The highest BCUT2D eigenvalue weighted by Gasteiger charge is 2.29. The van der Waals surface area contributed by atoms with Gasteiger partial charge in [0.05, 0.1) is 20.3 Å². The number of nitrogens with zero attached hydrogens (tertiary/aromatic N) is 1. The lowest BCUT2D eigenvalue weighted by molar-refractivity contribution is 0.0907. The molecule has 1 aromatic carbocycles. The summed E-state index contributed by atoms with van der Waals surface area (Å²) in [5, 5.41) is 9.01. The predicted octanol–water partition coefficient (Wildman–Crippen LogP) is 1.33. The van der Waals surface area contributed by atoms with Crippen LogP contribution in [0.25, 0.3) is 0 Å². The Morgan fingerprint density at radius 3 is 2.89 bits per heavy atom. The summed E-state index contributed by atoms with van der Waals surface area (Å²) in [6.07, 6.45) is 2.26. The van der Waals surface area contributed by atoms with E-state index in [4.69, 9.17) is 9.84 Å². The molecule has 98 valence electrons. The summed E-state index contributed by atoms with van der Waals surface area (Å²) in [5.74, 6) is 0.773. The van der Waals surface area contributed by atoms with Crippen molar-refractivity contribution >= 4 is 5.78 Å². The molecule has 0 aliphatic heterocycles. The number of aliphatic hydroxyl groups is 1. The van der Waals surface area contributed by atoms with E-state index in [0.29, 0.717) is 30.4 Å². The molecule has 0 heterocycles. The monoisotopic (exact) mass is 249 g/mol. The van der Waals surface area contributed by atoms with Crippen LogP contribution in [0.15, 0.2) is 24.3 Å². The molecule has 0 radical (unpaired) electrons. The average molecular weight is 249 g/mol. The van der Waals surface area contributed by atoms with E-state index in [1.165, 1.54) is 0 Å². The number of carbonyl (C=O) groups is 1. The van der Waals surface area contributed by atoms with E-state index in [1.807, 2.05) is 12.1 Å². The van der Waals surface area contributed by atoms with Gasteiger partial charge in [0.1, 0.15) is 5.75 Å². The van der Waals surface area contributed by atoms with Gasteiger partial charge in [-0.05, 0) is 25.0 Å². The zero-order valence-corrected chi connectivity index (χ0v) is 10.6. The summed E-state index contributed by atoms with van der Waals surface area (Å²) in [5.41, 5.74) is 0.665. The van der Waals surface area contributed by atoms with Gasteiger partial charge >= 0.3 is 0 Å². The van der Waals surface area contributed by atoms with Crippen molar-refractivity contribution in [1.82, 2.24) is 4.90 Å². The van der Waals surface area contributed by atoms with Crippen molar-refractivity contribution in [2.24, 2.45) is 0 Å². The molecule has 1 aliphatic rings. The second kappa shape index (κ2) is 5.98. The summed E-state index contributed by atoms with van der Waals surface area (Å²) in [6.45, 7) is 1.04. The molecule has 0 bridgehead atoms. The third-order valence-electron chi connectivity index (χ3n) is 3.19. The second-order valence-electron chi connectivity index (χ2n) is 4.58. The van der Waals surface area contributed by atoms with Crippen LogP contribution < -0.4 is 4.74 Å². The molecule has 1 aromatic rings. The van der Waals surface area contributed by atoms with Crippen LogP contribution in [0.5, 0.6) is 5.75 Å². The van der Waals surface area contributed by atoms with Crippen LogP contribution >= 0.6 is 0 Å². The molecule has 4 heteroatoms. The van der Waals surface area contributed by atoms with Gasteiger partial charge < -0.3 is 9.84 Å². The zero-order chi connectivity index (χ0) is 13.0. The number of ketones is 1. The Kier molecular flexibility index (Phi) is 4.33. The third-order valence-corrected chi connectivity index (χ3v) is 3.19. The van der Waals surface area contributed by atoms with Crippen molar-refractivity contribution in [3.8, 4) is 5.75 Å². The van der Waals surface area contributed by atoms with Crippen molar-refractivity contribution in [2.45, 2.75) is 18.9 Å². The predicted molar refractivity (Wildman–Crippen MR) is 69.0 cm³/mol. The summed E-state index contributed by atoms with van der Waals surface area (Å²) in [6, 6.07) is 7.68. The highest BCUT2D eigenvalue weighted by Crippen LogP contribution is 2.26. The standard InChI is InChI=1S/C14H19NO3/c1-18-13-4-2-3-11(9-13)14(17)10-15(7-8-16)12-5-6-12/h2-4,9,12,16H,5-8,10H2,1H3. The first-order valence-corrected chi connectivity index (χ1v) is 6.26. The molecule has 1 N–H and O–H groups in total. The molecular weight excluding hydrogens is 230 g/mol. The maximum atomic E-state index is 12.2. The van der Waals surface area contributed by atoms with Gasteiger partial charge in [0.15, 0.2) is 5.78 Å². The van der Waals surface area contributed by atoms with Crippen molar-refractivity contribution in [3.63, 3.8) is 0 Å². The van der Waals surface area contributed by atoms with Crippen molar-refractivity contribution in [2.75, 3.05) is 26.8 Å². The number of hydrogen-bond acceptors (Lipinski definition) is 4. The van der Waals surface area contributed by atoms with Gasteiger partial charge in [0.25, 0.3) is 0 Å². The summed E-state index contributed by atoms with van der Waals surface area (Å²) in [7, 11) is 1.59. The van der Waals surface area contributed by atoms with Crippen molar-refractivity contribution in [1.29, 1.82) is 0 Å². The van der Waals surface area contributed by atoms with Gasteiger partial charge in [0, 0.05) is 18.2 Å². The van der Waals surface area contributed by atoms with E-state index in [9.17, 15) is 4.79 Å². The topological polar surface area (TPSA) is 49.8 Å². The lowest BCUT2D eigenvalue weighted by atomic mass is 10.1. The number of ether oxygens (including phenoxy) is 1. The Morgan fingerprint density at radius 2 is 2.28 bits per heavy atom. The Balaban J connectivity index is 2.00. The average Bonchev–Trinajstić information content (AvgIpc) is 3.22. The van der Waals surface area contributed by atoms with Crippen LogP contribution in [-0.2, 0) is 0 Å². The Labute approximate surface area is 107 Å². The van der Waals surface area contributed by atoms with E-state index < -0.39 is 0 Å². The number of rotatable bonds is 7. The Hall–Kier alpha value is -1.39. The smallest absolute Gasteiger partial charge is 0.176 e. The number of methoxy groups -OCH3 is 1. The fourth-order valence-corrected chi connectivity index (χ4v) is 2.03. The highest BCUT2D eigenvalue weighted by molar-refractivity contribution is 5.98. The van der Waals surface area contributed by atoms with Gasteiger partial charge in [-0.2, -0.15) is 0 Å². The SMILES string of the molecule is COc1cccc(C(=O)CN(CCO)C2CC2)c1. The molecule has 0 saturated heterocycles. The minimum absolute atomic E-state index is 0.0780. The highest BCUT2D eigenvalue weighted by atomic mass is 16.5. The van der Waals surface area contributed by atoms with Crippen LogP contribution in [-0.4, -0.2) is 48.6 Å². The molecule has 2 rings (SSSR count). The Bertz CT molecular complexity index is 415. The number of aliphatic hydroxyl groups excluding tert-OH is 1. The second-order valence-corrected chi connectivity index (χ2v) is 4.58. The molecular formula is C14H19NO3. The van der Waals surface area contributed by atoms with Gasteiger partial charge in [-0.25, -0.2) is 0 Å². The minimum Gasteiger partial charge on any atom is -0.497 e. The maximum absolute atomic E-state index is 12.2. The molecule has 0 atom stereocenters. The maximum Gasteiger partial charge on any atom is 0.176 e. The van der Waals surface area contributed by atoms with Gasteiger partial charge in [-0.15, -0.1) is 0 Å². The lowest BCUT2D eigenvalue weighted by Gasteiger charge is -2.19. The number of benzene rings is 1. The van der Waals surface area contributed by atoms with E-state index >= 15 is 0 Å². The normalized spacial score (nSPS) is 14.8. The first-order valence-electron chi connectivity index (χ1n) is 6.26. The quantitative estimate of drug-likeness (QED) is 0.741. The summed E-state index contributed by atoms with van der Waals surface area (Å²) >= 11 is 0. The fourth-order valence-electron chi connectivity index (χ4n) is 2.03. The molecule has 1 fully saturated rings. The molecule has 1 aliphatic carbocycles. The van der Waals surface area contributed by atoms with Crippen LogP contribution in [0.1, 0.15) is 23.2 Å². The van der Waals surface area contributed by atoms with Crippen molar-refractivity contribution in [3.05, 3.63) is 29.8 Å². The van der Waals surface area contributed by atoms with Crippen LogP contribution in [0.4, 0.5) is 0 Å². The van der Waals surface area contributed by atoms with Gasteiger partial charge in [-0.1, -0.05) is 12.1 Å². The van der Waals surface area contributed by atoms with Crippen LogP contribution in [0, 0.1) is 0 Å². The Morgan fingerprint density at radius 1 is 1.50 bits per heavy atom. The number of carbonyl (C=O) groups excluding carboxylic acids is 1. The number of hydrogen-bond donors (Lipinski definition) is 1. The van der Waals surface area contributed by atoms with Gasteiger partial charge in [0.2, 0.25) is 0 Å². The fraction of sp³-hybridized carbons (Fsp3) is 0.500. The third kappa shape index (κ3) is 3.31. The molecule has 0 aromatic heterocycles. The molecule has 1 saturated carbocycles. The van der Waals surface area contributed by atoms with Gasteiger partial charge in [-0.3, -0.25) is 9.69 Å². The zero-order valence-electron chi connectivity index (χ0n) is 10.6. The van der Waals surface area contributed by atoms with Crippen molar-refractivity contribution < 1.29 is 14.6 Å². The minimum atomic E-state index is 0.0780. The van der Waals surface area contributed by atoms with E-state index in [2.05, 4.69) is 4.90 Å². The molecule has 18 heavy (non-hydrogen) atoms. The summed E-state index contributed by atoms with van der Waals surface area (Å²) < 4.78 is 5.11. The molecule has 0 amide bonds. The number of Topliss-reactive ketones (excluding diaryl/α,β-unsaturated/α-hetero) is 1. The van der Waals surface area contributed by atoms with Crippen LogP contribution in [0.2, 0.25) is 0 Å². The summed E-state index contributed by atoms with van der Waals surface area (Å²) in [4.78, 5) is 14.2.